The summed E-state index contributed by atoms with van der Waals surface area (Å²) in [6.45, 7) is 0. The molecular weight excluding hydrogens is 316 g/mol. The van der Waals surface area contributed by atoms with Gasteiger partial charge in [0.05, 0.1) is 0 Å². The molecule has 2 rings (SSSR count). The Bertz CT molecular complexity index is 675. The van der Waals surface area contributed by atoms with Gasteiger partial charge in [0.1, 0.15) is 0 Å². The van der Waals surface area contributed by atoms with E-state index in [1.54, 1.807) is 31.7 Å². The molecule has 0 radical (unpaired) electrons. The largest absolute Gasteiger partial charge is 0.768 e. The normalized spacial score (nSPS) is 11.2. The number of benzene rings is 2. The van der Waals surface area contributed by atoms with Crippen LogP contribution >= 0.6 is 0 Å². The van der Waals surface area contributed by atoms with Crippen LogP contribution in [0.5, 0.6) is 0 Å². The summed E-state index contributed by atoms with van der Waals surface area (Å²) in [5.41, 5.74) is 3.50. The topological polar surface area (TPSA) is 92.7 Å². The van der Waals surface area contributed by atoms with Crippen molar-refractivity contribution >= 4 is 17.0 Å². The number of hydrogen-bond donors (Lipinski definition) is 2. The molecule has 0 fully saturated rings. The quantitative estimate of drug-likeness (QED) is 0.660. The van der Waals surface area contributed by atoms with E-state index in [0.29, 0.717) is 11.1 Å². The van der Waals surface area contributed by atoms with Crippen LogP contribution in [0.2, 0.25) is 0 Å². The molecule has 2 aromatic rings. The van der Waals surface area contributed by atoms with E-state index in [2.05, 4.69) is 0 Å². The first kappa shape index (κ1) is 19.0. The fraction of sp³-hybridized carbons (Fsp3) is 0.188. The third kappa shape index (κ3) is 5.26. The highest BCUT2D eigenvalue weighted by molar-refractivity contribution is 7.79. The molecule has 0 saturated heterocycles. The number of nitrogens with zero attached hydrogens (tertiary/aromatic N) is 1. The van der Waals surface area contributed by atoms with E-state index in [1.807, 2.05) is 30.3 Å². The number of carbonyl (C=O) groups is 1. The Hall–Kier alpha value is -2.06. The molecule has 0 heterocycles. The summed E-state index contributed by atoms with van der Waals surface area (Å²) >= 11 is -2.40. The third-order valence-electron chi connectivity index (χ3n) is 2.90. The molecule has 7 heteroatoms. The molecule has 0 aliphatic rings. The van der Waals surface area contributed by atoms with Gasteiger partial charge in [-0.15, -0.1) is 0 Å². The lowest BCUT2D eigenvalue weighted by Gasteiger charge is -2.16. The van der Waals surface area contributed by atoms with Crippen LogP contribution in [0.1, 0.15) is 10.4 Å². The van der Waals surface area contributed by atoms with Gasteiger partial charge >= 0.3 is 0 Å². The van der Waals surface area contributed by atoms with Crippen LogP contribution in [0.4, 0.5) is 0 Å². The fourth-order valence-electron chi connectivity index (χ4n) is 1.91. The predicted octanol–water partition coefficient (Wildman–Crippen LogP) is 1.89. The third-order valence-corrected chi connectivity index (χ3v) is 3.60. The molecule has 23 heavy (non-hydrogen) atoms. The average molecular weight is 335 g/mol. The molecule has 2 N–H and O–H groups in total. The van der Waals surface area contributed by atoms with Gasteiger partial charge in [0.25, 0.3) is 5.91 Å². The molecule has 0 aliphatic carbocycles. The summed E-state index contributed by atoms with van der Waals surface area (Å²) in [5, 5.41) is 7.32. The van der Waals surface area contributed by atoms with Crippen molar-refractivity contribution in [2.24, 2.45) is 0 Å². The highest BCUT2D eigenvalue weighted by Crippen LogP contribution is 2.27. The zero-order valence-electron chi connectivity index (χ0n) is 13.1. The monoisotopic (exact) mass is 335 g/mol. The number of hydrogen-bond acceptors (Lipinski definition) is 5. The minimum absolute atomic E-state index is 0.129. The minimum Gasteiger partial charge on any atom is -0.768 e. The van der Waals surface area contributed by atoms with E-state index in [9.17, 15) is 13.6 Å². The van der Waals surface area contributed by atoms with Crippen molar-refractivity contribution in [3.8, 4) is 11.1 Å². The Morgan fingerprint density at radius 3 is 2.22 bits per heavy atom. The van der Waals surface area contributed by atoms with Crippen LogP contribution in [0.15, 0.2) is 53.4 Å². The summed E-state index contributed by atoms with van der Waals surface area (Å²) in [7, 11) is 4.68. The van der Waals surface area contributed by atoms with Crippen LogP contribution in [-0.2, 0) is 11.1 Å². The maximum Gasteiger partial charge on any atom is 0.253 e. The Kier molecular flexibility index (Phi) is 7.56. The maximum atomic E-state index is 11.9. The van der Waals surface area contributed by atoms with Crippen molar-refractivity contribution < 1.29 is 18.8 Å². The molecule has 124 valence electrons. The first-order valence-electron chi connectivity index (χ1n) is 6.73. The van der Waals surface area contributed by atoms with Crippen molar-refractivity contribution in [1.29, 1.82) is 0 Å². The second-order valence-corrected chi connectivity index (χ2v) is 5.64. The first-order valence-corrected chi connectivity index (χ1v) is 7.81. The van der Waals surface area contributed by atoms with E-state index in [1.165, 1.54) is 18.0 Å². The molecule has 1 amide bonds. The zero-order chi connectivity index (χ0) is 17.4. The van der Waals surface area contributed by atoms with E-state index in [0.717, 1.165) is 5.56 Å². The van der Waals surface area contributed by atoms with Crippen LogP contribution in [-0.4, -0.2) is 45.9 Å². The fourth-order valence-corrected chi connectivity index (χ4v) is 2.50. The predicted molar refractivity (Wildman–Crippen MR) is 87.9 cm³/mol. The van der Waals surface area contributed by atoms with Crippen molar-refractivity contribution in [2.75, 3.05) is 21.1 Å². The maximum absolute atomic E-state index is 11.9. The number of hydroxylamine groups is 1. The van der Waals surface area contributed by atoms with Gasteiger partial charge in [-0.2, -0.15) is 0 Å². The molecule has 1 unspecified atom stereocenters. The lowest BCUT2D eigenvalue weighted by atomic mass is 10.0. The Labute approximate surface area is 138 Å². The van der Waals surface area contributed by atoms with Gasteiger partial charge in [-0.25, -0.2) is 5.48 Å². The molecule has 0 spiro atoms. The minimum atomic E-state index is -2.40. The van der Waals surface area contributed by atoms with Crippen molar-refractivity contribution in [2.45, 2.75) is 4.90 Å². The lowest BCUT2D eigenvalue weighted by molar-refractivity contribution is 0.0827. The molecule has 0 bridgehead atoms. The Balaban J connectivity index is 0.000000816. The lowest BCUT2D eigenvalue weighted by Crippen LogP contribution is -2.21. The van der Waals surface area contributed by atoms with Gasteiger partial charge in [-0.05, 0) is 34.3 Å². The first-order chi connectivity index (χ1) is 10.9. The van der Waals surface area contributed by atoms with Gasteiger partial charge in [-0.3, -0.25) is 9.00 Å². The van der Waals surface area contributed by atoms with E-state index >= 15 is 0 Å². The van der Waals surface area contributed by atoms with Gasteiger partial charge in [0.15, 0.2) is 0 Å². The number of nitrogens with one attached hydrogen (secondary N) is 1. The van der Waals surface area contributed by atoms with Crippen LogP contribution < -0.4 is 5.48 Å². The molecule has 6 nitrogen and oxygen atoms in total. The molecule has 0 saturated carbocycles. The summed E-state index contributed by atoms with van der Waals surface area (Å²) in [6, 6.07) is 13.9. The smallest absolute Gasteiger partial charge is 0.253 e. The average Bonchev–Trinajstić information content (AvgIpc) is 2.55. The highest BCUT2D eigenvalue weighted by atomic mass is 32.2. The van der Waals surface area contributed by atoms with Crippen LogP contribution in [0.25, 0.3) is 11.1 Å². The summed E-state index contributed by atoms with van der Waals surface area (Å²) < 4.78 is 22.8. The molecule has 0 aliphatic heterocycles. The summed E-state index contributed by atoms with van der Waals surface area (Å²) in [4.78, 5) is 13.4. The number of carbonyl (C=O) groups excluding carboxylic acids is 1. The van der Waals surface area contributed by atoms with Gasteiger partial charge in [0, 0.05) is 31.6 Å². The molecule has 2 aromatic carbocycles. The molecule has 0 aromatic heterocycles. The second kappa shape index (κ2) is 9.16. The summed E-state index contributed by atoms with van der Waals surface area (Å²) in [6.07, 6.45) is 0. The SMILES string of the molecule is CN(C)C(=O)c1ccc(-c2ccccc2)c(S(=O)[O-])c1.CNO. The van der Waals surface area contributed by atoms with Crippen molar-refractivity contribution in [3.63, 3.8) is 0 Å². The van der Waals surface area contributed by atoms with E-state index < -0.39 is 11.1 Å². The van der Waals surface area contributed by atoms with Crippen LogP contribution in [0.3, 0.4) is 0 Å². The molecular formula is C16H19N2O4S-. The second-order valence-electron chi connectivity index (χ2n) is 4.73. The zero-order valence-corrected chi connectivity index (χ0v) is 14.0. The van der Waals surface area contributed by atoms with E-state index in [4.69, 9.17) is 5.21 Å². The Morgan fingerprint density at radius 1 is 1.17 bits per heavy atom. The standard InChI is InChI=1S/C15H15NO3S.CH5NO/c1-16(2)15(17)12-8-9-13(14(10-12)20(18)19)11-6-4-3-5-7-11;1-2-3/h3-10H,1-2H3,(H,18,19);2-3H,1H3/p-1. The van der Waals surface area contributed by atoms with Gasteiger partial charge in [0.2, 0.25) is 0 Å². The van der Waals surface area contributed by atoms with Gasteiger partial charge < -0.3 is 14.7 Å². The van der Waals surface area contributed by atoms with E-state index in [-0.39, 0.29) is 10.8 Å². The van der Waals surface area contributed by atoms with Gasteiger partial charge in [-0.1, -0.05) is 36.4 Å². The van der Waals surface area contributed by atoms with Crippen molar-refractivity contribution in [1.82, 2.24) is 10.4 Å². The Morgan fingerprint density at radius 2 is 1.74 bits per heavy atom. The van der Waals surface area contributed by atoms with Crippen molar-refractivity contribution in [3.05, 3.63) is 54.1 Å². The van der Waals surface area contributed by atoms with Crippen LogP contribution in [0, 0.1) is 0 Å². The summed E-state index contributed by atoms with van der Waals surface area (Å²) in [5.74, 6) is -0.226. The molecule has 1 atom stereocenters. The highest BCUT2D eigenvalue weighted by Gasteiger charge is 2.12. The number of rotatable bonds is 3. The number of amides is 1.